The molecule has 1 saturated heterocycles. The molecule has 4 rings (SSSR count). The van der Waals surface area contributed by atoms with E-state index in [1.807, 2.05) is 30.3 Å². The number of benzene rings is 1. The van der Waals surface area contributed by atoms with Gasteiger partial charge < -0.3 is 15.5 Å². The van der Waals surface area contributed by atoms with Crippen molar-refractivity contribution in [3.05, 3.63) is 52.8 Å². The average Bonchev–Trinajstić information content (AvgIpc) is 3.21. The summed E-state index contributed by atoms with van der Waals surface area (Å²) in [7, 11) is 0. The van der Waals surface area contributed by atoms with Crippen LogP contribution in [0.4, 0.5) is 0 Å². The average molecular weight is 339 g/mol. The van der Waals surface area contributed by atoms with E-state index in [1.54, 1.807) is 4.90 Å². The van der Waals surface area contributed by atoms with E-state index in [0.717, 1.165) is 29.8 Å². The summed E-state index contributed by atoms with van der Waals surface area (Å²) in [5, 5.41) is 13.2. The molecule has 7 nitrogen and oxygen atoms in total. The summed E-state index contributed by atoms with van der Waals surface area (Å²) in [6.07, 6.45) is 1.46. The molecule has 0 radical (unpaired) electrons. The lowest BCUT2D eigenvalue weighted by molar-refractivity contribution is -0.129. The second-order valence-electron chi connectivity index (χ2n) is 6.52. The molecule has 1 atom stereocenters. The van der Waals surface area contributed by atoms with Crippen LogP contribution in [0, 0.1) is 0 Å². The molecule has 7 heteroatoms. The van der Waals surface area contributed by atoms with Crippen molar-refractivity contribution in [1.82, 2.24) is 25.7 Å². The third-order valence-corrected chi connectivity index (χ3v) is 4.84. The normalized spacial score (nSPS) is 19.8. The van der Waals surface area contributed by atoms with Crippen molar-refractivity contribution < 1.29 is 9.59 Å². The fourth-order valence-corrected chi connectivity index (χ4v) is 3.47. The first kappa shape index (κ1) is 15.8. The molecule has 0 spiro atoms. The number of carbonyl (C=O) groups excluding carboxylic acids is 2. The monoisotopic (exact) mass is 339 g/mol. The van der Waals surface area contributed by atoms with Gasteiger partial charge in [0.05, 0.1) is 0 Å². The third kappa shape index (κ3) is 3.15. The van der Waals surface area contributed by atoms with Gasteiger partial charge in [-0.3, -0.25) is 14.7 Å². The van der Waals surface area contributed by atoms with Crippen LogP contribution in [-0.2, 0) is 24.3 Å². The van der Waals surface area contributed by atoms with Crippen LogP contribution in [0.3, 0.4) is 0 Å². The molecule has 130 valence electrons. The summed E-state index contributed by atoms with van der Waals surface area (Å²) in [4.78, 5) is 26.9. The van der Waals surface area contributed by atoms with Crippen molar-refractivity contribution in [2.24, 2.45) is 0 Å². The molecule has 1 fully saturated rings. The molecule has 0 saturated carbocycles. The lowest BCUT2D eigenvalue weighted by Gasteiger charge is -2.17. The van der Waals surface area contributed by atoms with Crippen molar-refractivity contribution in [2.45, 2.75) is 32.0 Å². The highest BCUT2D eigenvalue weighted by atomic mass is 16.2. The van der Waals surface area contributed by atoms with E-state index in [0.29, 0.717) is 31.7 Å². The Morgan fingerprint density at radius 2 is 2.16 bits per heavy atom. The van der Waals surface area contributed by atoms with Crippen LogP contribution >= 0.6 is 0 Å². The van der Waals surface area contributed by atoms with Crippen LogP contribution in [0.2, 0.25) is 0 Å². The molecule has 2 aliphatic heterocycles. The van der Waals surface area contributed by atoms with Gasteiger partial charge in [-0.1, -0.05) is 30.3 Å². The minimum absolute atomic E-state index is 0.0280. The maximum absolute atomic E-state index is 12.6. The van der Waals surface area contributed by atoms with E-state index in [2.05, 4.69) is 20.8 Å². The second-order valence-corrected chi connectivity index (χ2v) is 6.52. The first-order valence-corrected chi connectivity index (χ1v) is 8.63. The molecule has 3 N–H and O–H groups in total. The van der Waals surface area contributed by atoms with Crippen LogP contribution in [-0.4, -0.2) is 46.0 Å². The zero-order valence-electron chi connectivity index (χ0n) is 13.9. The van der Waals surface area contributed by atoms with Crippen LogP contribution in [0.5, 0.6) is 0 Å². The predicted molar refractivity (Wildman–Crippen MR) is 91.7 cm³/mol. The first-order valence-electron chi connectivity index (χ1n) is 8.63. The van der Waals surface area contributed by atoms with Gasteiger partial charge in [0.2, 0.25) is 5.91 Å². The molecular formula is C18H21N5O2. The Hall–Kier alpha value is -2.67. The highest BCUT2D eigenvalue weighted by Crippen LogP contribution is 2.18. The maximum Gasteiger partial charge on any atom is 0.272 e. The van der Waals surface area contributed by atoms with Crippen molar-refractivity contribution >= 4 is 11.8 Å². The molecule has 0 bridgehead atoms. The minimum Gasteiger partial charge on any atom is -0.339 e. The number of nitrogens with one attached hydrogen (secondary N) is 3. The Labute approximate surface area is 145 Å². The lowest BCUT2D eigenvalue weighted by Crippen LogP contribution is -2.42. The largest absolute Gasteiger partial charge is 0.339 e. The minimum atomic E-state index is -0.472. The van der Waals surface area contributed by atoms with E-state index in [4.69, 9.17) is 0 Å². The van der Waals surface area contributed by atoms with Gasteiger partial charge in [-0.05, 0) is 12.0 Å². The smallest absolute Gasteiger partial charge is 0.272 e. The first-order chi connectivity index (χ1) is 12.2. The zero-order valence-corrected chi connectivity index (χ0v) is 13.9. The zero-order chi connectivity index (χ0) is 17.2. The maximum atomic E-state index is 12.6. The number of carbonyl (C=O) groups is 2. The SMILES string of the molecule is O=C(NC1CCN(Cc2ccccc2)C1=O)c1n[nH]c2c1CNCC2. The fourth-order valence-electron chi connectivity index (χ4n) is 3.47. The molecular weight excluding hydrogens is 318 g/mol. The highest BCUT2D eigenvalue weighted by Gasteiger charge is 2.34. The second kappa shape index (κ2) is 6.68. The molecule has 1 aromatic carbocycles. The summed E-state index contributed by atoms with van der Waals surface area (Å²) < 4.78 is 0. The number of fused-ring (bicyclic) bond motifs is 1. The standard InChI is InChI=1S/C18H21N5O2/c24-17(16-13-10-19-8-6-14(13)21-22-16)20-15-7-9-23(18(15)25)11-12-4-2-1-3-5-12/h1-5,15,19H,6-11H2,(H,20,24)(H,21,22). The molecule has 1 unspecified atom stereocenters. The number of hydrogen-bond donors (Lipinski definition) is 3. The number of aromatic amines is 1. The van der Waals surface area contributed by atoms with Crippen LogP contribution < -0.4 is 10.6 Å². The lowest BCUT2D eigenvalue weighted by atomic mass is 10.1. The topological polar surface area (TPSA) is 90.1 Å². The molecule has 0 aliphatic carbocycles. The van der Waals surface area contributed by atoms with E-state index in [1.165, 1.54) is 0 Å². The van der Waals surface area contributed by atoms with Gasteiger partial charge >= 0.3 is 0 Å². The van der Waals surface area contributed by atoms with Gasteiger partial charge in [-0.15, -0.1) is 0 Å². The molecule has 25 heavy (non-hydrogen) atoms. The van der Waals surface area contributed by atoms with E-state index in [-0.39, 0.29) is 11.8 Å². The number of H-pyrrole nitrogens is 1. The summed E-state index contributed by atoms with van der Waals surface area (Å²) in [6, 6.07) is 9.41. The van der Waals surface area contributed by atoms with Crippen molar-refractivity contribution in [1.29, 1.82) is 0 Å². The summed E-state index contributed by atoms with van der Waals surface area (Å²) in [5.41, 5.74) is 3.41. The Morgan fingerprint density at radius 1 is 1.32 bits per heavy atom. The van der Waals surface area contributed by atoms with E-state index >= 15 is 0 Å². The molecule has 1 aromatic heterocycles. The van der Waals surface area contributed by atoms with Gasteiger partial charge in [0.1, 0.15) is 6.04 Å². The van der Waals surface area contributed by atoms with Gasteiger partial charge in [0.15, 0.2) is 5.69 Å². The van der Waals surface area contributed by atoms with Crippen LogP contribution in [0.1, 0.15) is 33.7 Å². The summed E-state index contributed by atoms with van der Waals surface area (Å²) in [5.74, 6) is -0.305. The van der Waals surface area contributed by atoms with Crippen molar-refractivity contribution in [3.8, 4) is 0 Å². The predicted octanol–water partition coefficient (Wildman–Crippen LogP) is 0.586. The molecule has 2 aromatic rings. The van der Waals surface area contributed by atoms with E-state index < -0.39 is 6.04 Å². The number of likely N-dealkylation sites (tertiary alicyclic amines) is 1. The van der Waals surface area contributed by atoms with Crippen molar-refractivity contribution in [2.75, 3.05) is 13.1 Å². The number of aromatic nitrogens is 2. The summed E-state index contributed by atoms with van der Waals surface area (Å²) in [6.45, 7) is 2.74. The van der Waals surface area contributed by atoms with E-state index in [9.17, 15) is 9.59 Å². The third-order valence-electron chi connectivity index (χ3n) is 4.84. The van der Waals surface area contributed by atoms with Gasteiger partial charge in [0.25, 0.3) is 5.91 Å². The Morgan fingerprint density at radius 3 is 3.00 bits per heavy atom. The Bertz CT molecular complexity index is 786. The number of amides is 2. The number of nitrogens with zero attached hydrogens (tertiary/aromatic N) is 2. The van der Waals surface area contributed by atoms with Gasteiger partial charge in [-0.2, -0.15) is 5.10 Å². The molecule has 2 amide bonds. The fraction of sp³-hybridized carbons (Fsp3) is 0.389. The molecule has 3 heterocycles. The van der Waals surface area contributed by atoms with Gasteiger partial charge in [0, 0.05) is 43.9 Å². The van der Waals surface area contributed by atoms with Crippen molar-refractivity contribution in [3.63, 3.8) is 0 Å². The van der Waals surface area contributed by atoms with Crippen LogP contribution in [0.25, 0.3) is 0 Å². The Balaban J connectivity index is 1.41. The molecule has 2 aliphatic rings. The number of hydrogen-bond acceptors (Lipinski definition) is 4. The highest BCUT2D eigenvalue weighted by molar-refractivity contribution is 5.97. The van der Waals surface area contributed by atoms with Crippen LogP contribution in [0.15, 0.2) is 30.3 Å². The Kier molecular flexibility index (Phi) is 4.23. The number of rotatable bonds is 4. The summed E-state index contributed by atoms with van der Waals surface area (Å²) >= 11 is 0. The quantitative estimate of drug-likeness (QED) is 0.760. The van der Waals surface area contributed by atoms with Gasteiger partial charge in [-0.25, -0.2) is 0 Å².